The standard InChI is InChI=1S/C29H34ClN5O5/c1-19(29(37)39-3)40-21-9-6-8-20(16-21)18-34(25(36)17-30)13-7-14-35-24(12-15-38-2)33-26-27(35)22-10-4-5-11-23(22)32-28(26)31/h4-6,8-11,16,19H,7,12-15,17-18H2,1-3H3,(H2,31,32). The summed E-state index contributed by atoms with van der Waals surface area (Å²) in [6.45, 7) is 3.55. The van der Waals surface area contributed by atoms with Gasteiger partial charge in [0.1, 0.15) is 23.0 Å². The van der Waals surface area contributed by atoms with Crippen LogP contribution < -0.4 is 10.5 Å². The summed E-state index contributed by atoms with van der Waals surface area (Å²) < 4.78 is 17.9. The second-order valence-corrected chi connectivity index (χ2v) is 9.63. The van der Waals surface area contributed by atoms with Crippen LogP contribution in [0, 0.1) is 0 Å². The molecular weight excluding hydrogens is 534 g/mol. The highest BCUT2D eigenvalue weighted by Gasteiger charge is 2.19. The molecule has 212 valence electrons. The van der Waals surface area contributed by atoms with Gasteiger partial charge in [-0.15, -0.1) is 11.6 Å². The van der Waals surface area contributed by atoms with Gasteiger partial charge in [0.2, 0.25) is 5.91 Å². The van der Waals surface area contributed by atoms with E-state index < -0.39 is 12.1 Å². The Morgan fingerprint density at radius 1 is 1.12 bits per heavy atom. The first-order chi connectivity index (χ1) is 19.4. The number of halogens is 1. The number of nitrogens with two attached hydrogens (primary N) is 1. The van der Waals surface area contributed by atoms with Gasteiger partial charge < -0.3 is 29.4 Å². The minimum absolute atomic E-state index is 0.129. The number of methoxy groups -OCH3 is 2. The number of nitrogen functional groups attached to an aromatic ring is 1. The Kier molecular flexibility index (Phi) is 9.79. The third-order valence-corrected chi connectivity index (χ3v) is 6.84. The summed E-state index contributed by atoms with van der Waals surface area (Å²) in [5.74, 6) is 0.973. The lowest BCUT2D eigenvalue weighted by atomic mass is 10.1. The van der Waals surface area contributed by atoms with Gasteiger partial charge in [-0.1, -0.05) is 30.3 Å². The maximum absolute atomic E-state index is 12.8. The van der Waals surface area contributed by atoms with Crippen LogP contribution in [0.3, 0.4) is 0 Å². The zero-order valence-corrected chi connectivity index (χ0v) is 23.7. The first-order valence-electron chi connectivity index (χ1n) is 13.1. The monoisotopic (exact) mass is 567 g/mol. The Morgan fingerprint density at radius 3 is 2.67 bits per heavy atom. The van der Waals surface area contributed by atoms with Crippen molar-refractivity contribution in [3.63, 3.8) is 0 Å². The van der Waals surface area contributed by atoms with Crippen molar-refractivity contribution in [2.45, 2.75) is 39.0 Å². The molecule has 2 N–H and O–H groups in total. The number of ether oxygens (including phenoxy) is 3. The maximum Gasteiger partial charge on any atom is 0.346 e. The lowest BCUT2D eigenvalue weighted by molar-refractivity contribution is -0.147. The van der Waals surface area contributed by atoms with Gasteiger partial charge >= 0.3 is 5.97 Å². The fourth-order valence-electron chi connectivity index (χ4n) is 4.68. The molecule has 0 saturated carbocycles. The van der Waals surface area contributed by atoms with Crippen LogP contribution in [0.25, 0.3) is 21.9 Å². The van der Waals surface area contributed by atoms with Crippen LogP contribution in [0.15, 0.2) is 48.5 Å². The number of rotatable bonds is 13. The van der Waals surface area contributed by atoms with Crippen LogP contribution in [-0.2, 0) is 38.6 Å². The number of amides is 1. The van der Waals surface area contributed by atoms with Gasteiger partial charge in [0.25, 0.3) is 0 Å². The molecule has 0 saturated heterocycles. The van der Waals surface area contributed by atoms with E-state index in [1.807, 2.05) is 42.5 Å². The molecule has 2 aromatic heterocycles. The molecule has 0 radical (unpaired) electrons. The predicted molar refractivity (Wildman–Crippen MR) is 154 cm³/mol. The number of hydrogen-bond donors (Lipinski definition) is 1. The Hall–Kier alpha value is -3.89. The molecule has 2 aromatic carbocycles. The third kappa shape index (κ3) is 6.63. The number of carbonyl (C=O) groups is 2. The summed E-state index contributed by atoms with van der Waals surface area (Å²) in [6.07, 6.45) is 0.513. The highest BCUT2D eigenvalue weighted by atomic mass is 35.5. The molecule has 4 rings (SSSR count). The first kappa shape index (κ1) is 29.1. The van der Waals surface area contributed by atoms with Gasteiger partial charge in [-0.25, -0.2) is 14.8 Å². The fourth-order valence-corrected chi connectivity index (χ4v) is 4.85. The van der Waals surface area contributed by atoms with Crippen molar-refractivity contribution >= 4 is 51.2 Å². The number of hydrogen-bond acceptors (Lipinski definition) is 8. The molecular formula is C29H34ClN5O5. The van der Waals surface area contributed by atoms with Crippen molar-refractivity contribution in [2.24, 2.45) is 0 Å². The van der Waals surface area contributed by atoms with Crippen LogP contribution in [-0.4, -0.2) is 70.7 Å². The number of benzene rings is 2. The number of alkyl halides is 1. The molecule has 0 aliphatic rings. The number of aromatic nitrogens is 3. The SMILES string of the molecule is COCCc1nc2c(N)nc3ccccc3c2n1CCCN(Cc1cccc(OC(C)C(=O)OC)c1)C(=O)CCl. The van der Waals surface area contributed by atoms with Gasteiger partial charge in [0.15, 0.2) is 11.9 Å². The van der Waals surface area contributed by atoms with Gasteiger partial charge in [-0.05, 0) is 37.1 Å². The van der Waals surface area contributed by atoms with Crippen LogP contribution >= 0.6 is 11.6 Å². The largest absolute Gasteiger partial charge is 0.479 e. The average molecular weight is 568 g/mol. The number of esters is 1. The van der Waals surface area contributed by atoms with Crippen molar-refractivity contribution in [3.8, 4) is 5.75 Å². The molecule has 0 fully saturated rings. The van der Waals surface area contributed by atoms with Crippen molar-refractivity contribution in [3.05, 3.63) is 59.9 Å². The summed E-state index contributed by atoms with van der Waals surface area (Å²) in [6, 6.07) is 15.1. The highest BCUT2D eigenvalue weighted by Crippen LogP contribution is 2.29. The molecule has 1 amide bonds. The van der Waals surface area contributed by atoms with Gasteiger partial charge in [0, 0.05) is 38.6 Å². The van der Waals surface area contributed by atoms with E-state index >= 15 is 0 Å². The van der Waals surface area contributed by atoms with Gasteiger partial charge in [-0.3, -0.25) is 4.79 Å². The average Bonchev–Trinajstić information content (AvgIpc) is 3.34. The molecule has 4 aromatic rings. The lowest BCUT2D eigenvalue weighted by Gasteiger charge is -2.23. The second kappa shape index (κ2) is 13.5. The van der Waals surface area contributed by atoms with Crippen molar-refractivity contribution < 1.29 is 23.8 Å². The molecule has 1 unspecified atom stereocenters. The zero-order chi connectivity index (χ0) is 28.6. The molecule has 10 nitrogen and oxygen atoms in total. The van der Waals surface area contributed by atoms with E-state index in [0.29, 0.717) is 56.2 Å². The molecule has 0 spiro atoms. The number of nitrogens with zero attached hydrogens (tertiary/aromatic N) is 4. The topological polar surface area (TPSA) is 122 Å². The Bertz CT molecular complexity index is 1490. The van der Waals surface area contributed by atoms with Crippen LogP contribution in [0.2, 0.25) is 0 Å². The number of aryl methyl sites for hydroxylation is 1. The minimum atomic E-state index is -0.751. The van der Waals surface area contributed by atoms with E-state index in [1.54, 1.807) is 25.0 Å². The van der Waals surface area contributed by atoms with Gasteiger partial charge in [0.05, 0.1) is 24.8 Å². The number of imidazole rings is 1. The molecule has 2 heterocycles. The van der Waals surface area contributed by atoms with E-state index in [9.17, 15) is 9.59 Å². The summed E-state index contributed by atoms with van der Waals surface area (Å²) in [5.41, 5.74) is 9.54. The van der Waals surface area contributed by atoms with Crippen molar-refractivity contribution in [1.29, 1.82) is 0 Å². The Balaban J connectivity index is 1.55. The molecule has 0 bridgehead atoms. The summed E-state index contributed by atoms with van der Waals surface area (Å²) in [4.78, 5) is 35.6. The number of anilines is 1. The highest BCUT2D eigenvalue weighted by molar-refractivity contribution is 6.27. The Labute approximate surface area is 238 Å². The predicted octanol–water partition coefficient (Wildman–Crippen LogP) is 3.95. The van der Waals surface area contributed by atoms with E-state index in [0.717, 1.165) is 27.8 Å². The second-order valence-electron chi connectivity index (χ2n) is 9.37. The summed E-state index contributed by atoms with van der Waals surface area (Å²) in [5, 5.41) is 0.967. The number of carbonyl (C=O) groups excluding carboxylic acids is 2. The number of fused-ring (bicyclic) bond motifs is 3. The maximum atomic E-state index is 12.8. The van der Waals surface area contributed by atoms with Crippen molar-refractivity contribution in [2.75, 3.05) is 39.0 Å². The zero-order valence-electron chi connectivity index (χ0n) is 22.9. The van der Waals surface area contributed by atoms with Gasteiger partial charge in [-0.2, -0.15) is 0 Å². The normalized spacial score (nSPS) is 12.0. The quantitative estimate of drug-likeness (QED) is 0.190. The van der Waals surface area contributed by atoms with E-state index in [-0.39, 0.29) is 11.8 Å². The Morgan fingerprint density at radius 2 is 1.93 bits per heavy atom. The smallest absolute Gasteiger partial charge is 0.346 e. The third-order valence-electron chi connectivity index (χ3n) is 6.61. The first-order valence-corrected chi connectivity index (χ1v) is 13.6. The molecule has 0 aliphatic heterocycles. The molecule has 1 atom stereocenters. The summed E-state index contributed by atoms with van der Waals surface area (Å²) in [7, 11) is 2.97. The molecule has 0 aliphatic carbocycles. The van der Waals surface area contributed by atoms with Crippen LogP contribution in [0.5, 0.6) is 5.75 Å². The van der Waals surface area contributed by atoms with Crippen molar-refractivity contribution in [1.82, 2.24) is 19.4 Å². The summed E-state index contributed by atoms with van der Waals surface area (Å²) >= 11 is 5.97. The van der Waals surface area contributed by atoms with E-state index in [2.05, 4.69) is 9.55 Å². The molecule has 11 heteroatoms. The fraction of sp³-hybridized carbons (Fsp3) is 0.379. The number of pyridine rings is 1. The van der Waals surface area contributed by atoms with E-state index in [1.165, 1.54) is 7.11 Å². The van der Waals surface area contributed by atoms with Crippen LogP contribution in [0.1, 0.15) is 24.7 Å². The lowest BCUT2D eigenvalue weighted by Crippen LogP contribution is -2.33. The van der Waals surface area contributed by atoms with E-state index in [4.69, 9.17) is 36.5 Å². The number of para-hydroxylation sites is 1. The minimum Gasteiger partial charge on any atom is -0.479 e. The molecule has 40 heavy (non-hydrogen) atoms. The van der Waals surface area contributed by atoms with Crippen LogP contribution in [0.4, 0.5) is 5.82 Å².